The van der Waals surface area contributed by atoms with Gasteiger partial charge in [-0.2, -0.15) is 0 Å². The molecule has 1 heterocycles. The summed E-state index contributed by atoms with van der Waals surface area (Å²) in [6.45, 7) is 0. The van der Waals surface area contributed by atoms with Gasteiger partial charge in [-0.15, -0.1) is 0 Å². The Morgan fingerprint density at radius 3 is 2.10 bits per heavy atom. The molecule has 0 amide bonds. The Bertz CT molecular complexity index is 1030. The average molecular weight is 445 g/mol. The Balaban J connectivity index is 2.13. The first-order chi connectivity index (χ1) is 14.4. The van der Waals surface area contributed by atoms with E-state index in [1.165, 1.54) is 7.11 Å². The van der Waals surface area contributed by atoms with Gasteiger partial charge in [0.1, 0.15) is 7.28 Å². The summed E-state index contributed by atoms with van der Waals surface area (Å²) >= 11 is 12.6. The van der Waals surface area contributed by atoms with Crippen molar-refractivity contribution < 1.29 is 18.9 Å². The van der Waals surface area contributed by atoms with Gasteiger partial charge in [-0.1, -0.05) is 60.7 Å². The molecule has 156 valence electrons. The molecule has 5 nitrogen and oxygen atoms in total. The van der Waals surface area contributed by atoms with Crippen LogP contribution >= 0.6 is 23.2 Å². The maximum absolute atomic E-state index is 13.6. The van der Waals surface area contributed by atoms with Crippen LogP contribution in [0.4, 0.5) is 0 Å². The standard InChI is InChI=1S/C22H23BCl2N2O3/c1-26-19(24)20(25)27(2)22(26)23-17(21(29)30-3)16(14-10-6-4-7-11-14)18(28)15-12-8-5-9-13-15/h4-13,16-17H,23H2,1-3H3/t16-,17-/m0/s1. The maximum Gasteiger partial charge on any atom is 0.274 e. The molecule has 0 unspecified atom stereocenters. The van der Waals surface area contributed by atoms with Gasteiger partial charge >= 0.3 is 0 Å². The number of imidazole rings is 1. The van der Waals surface area contributed by atoms with Crippen LogP contribution in [0, 0.1) is 0 Å². The third-order valence-corrected chi connectivity index (χ3v) is 6.83. The number of aromatic nitrogens is 2. The smallest absolute Gasteiger partial charge is 0.274 e. The van der Waals surface area contributed by atoms with Gasteiger partial charge in [-0.05, 0) is 34.6 Å². The molecule has 2 aromatic carbocycles. The van der Waals surface area contributed by atoms with Crippen LogP contribution in [-0.4, -0.2) is 30.7 Å². The lowest BCUT2D eigenvalue weighted by Crippen LogP contribution is -2.53. The molecule has 0 bridgehead atoms. The lowest BCUT2D eigenvalue weighted by Gasteiger charge is -2.28. The first-order valence-electron chi connectivity index (χ1n) is 9.79. The molecule has 2 atom stereocenters. The van der Waals surface area contributed by atoms with Gasteiger partial charge in [0.15, 0.2) is 5.78 Å². The fourth-order valence-electron chi connectivity index (χ4n) is 4.17. The number of ketones is 1. The van der Waals surface area contributed by atoms with Gasteiger partial charge in [-0.3, -0.25) is 18.7 Å². The molecular weight excluding hydrogens is 422 g/mol. The van der Waals surface area contributed by atoms with Crippen LogP contribution in [0.3, 0.4) is 0 Å². The number of carbonyl (C=O) groups is 2. The lowest BCUT2D eigenvalue weighted by atomic mass is 9.55. The number of carbonyl (C=O) groups excluding carboxylic acids is 2. The molecule has 8 heteroatoms. The van der Waals surface area contributed by atoms with E-state index in [1.807, 2.05) is 48.5 Å². The highest BCUT2D eigenvalue weighted by molar-refractivity contribution is 6.58. The monoisotopic (exact) mass is 444 g/mol. The van der Waals surface area contributed by atoms with E-state index in [-0.39, 0.29) is 5.78 Å². The van der Waals surface area contributed by atoms with Crippen LogP contribution in [-0.2, 0) is 23.6 Å². The van der Waals surface area contributed by atoms with Crippen molar-refractivity contribution in [3.63, 3.8) is 0 Å². The summed E-state index contributed by atoms with van der Waals surface area (Å²) in [4.78, 5) is 26.5. The Labute approximate surface area is 186 Å². The van der Waals surface area contributed by atoms with E-state index in [2.05, 4.69) is 0 Å². The molecule has 3 aromatic rings. The minimum atomic E-state index is -1.23. The molecule has 3 rings (SSSR count). The van der Waals surface area contributed by atoms with Crippen LogP contribution in [0.2, 0.25) is 16.1 Å². The maximum atomic E-state index is 13.6. The second kappa shape index (κ2) is 9.50. The van der Waals surface area contributed by atoms with Gasteiger partial charge in [0.25, 0.3) is 16.3 Å². The van der Waals surface area contributed by atoms with Crippen molar-refractivity contribution in [3.8, 4) is 0 Å². The molecule has 30 heavy (non-hydrogen) atoms. The zero-order valence-electron chi connectivity index (χ0n) is 17.3. The quantitative estimate of drug-likeness (QED) is 0.243. The van der Waals surface area contributed by atoms with Crippen molar-refractivity contribution in [2.24, 2.45) is 14.1 Å². The summed E-state index contributed by atoms with van der Waals surface area (Å²) in [5.74, 6) is -1.85. The highest BCUT2D eigenvalue weighted by atomic mass is 35.5. The first kappa shape index (κ1) is 22.1. The molecule has 0 aliphatic heterocycles. The van der Waals surface area contributed by atoms with Crippen LogP contribution in [0.25, 0.3) is 0 Å². The number of hydrogen-bond donors (Lipinski definition) is 0. The zero-order chi connectivity index (χ0) is 21.8. The number of benzene rings is 2. The number of esters is 1. The summed E-state index contributed by atoms with van der Waals surface area (Å²) in [5.41, 5.74) is 2.17. The molecule has 0 aliphatic rings. The molecule has 0 N–H and O–H groups in total. The van der Waals surface area contributed by atoms with E-state index >= 15 is 0 Å². The summed E-state index contributed by atoms with van der Waals surface area (Å²) in [6.07, 6.45) is 0. The van der Waals surface area contributed by atoms with Crippen LogP contribution < -0.4 is 10.3 Å². The van der Waals surface area contributed by atoms with Gasteiger partial charge in [0, 0.05) is 11.5 Å². The number of hydrogen-bond acceptors (Lipinski definition) is 3. The molecule has 0 aliphatic carbocycles. The normalized spacial score (nSPS) is 13.0. The molecule has 0 radical (unpaired) electrons. The van der Waals surface area contributed by atoms with Crippen molar-refractivity contribution >= 4 is 48.0 Å². The summed E-state index contributed by atoms with van der Waals surface area (Å²) in [6, 6.07) is 18.4. The fourth-order valence-corrected chi connectivity index (χ4v) is 4.67. The number of nitrogens with zero attached hydrogens (tertiary/aromatic N) is 2. The highest BCUT2D eigenvalue weighted by Crippen LogP contribution is 2.33. The SMILES string of the molecule is COC(=O)[C@@H]([BH2-]c1n(C)c(Cl)c(Cl)[n+]1C)[C@@H](C(=O)c1ccccc1)c1ccccc1. The predicted octanol–water partition coefficient (Wildman–Crippen LogP) is 2.58. The highest BCUT2D eigenvalue weighted by Gasteiger charge is 2.35. The van der Waals surface area contributed by atoms with Gasteiger partial charge in [-0.25, -0.2) is 0 Å². The van der Waals surface area contributed by atoms with Crippen molar-refractivity contribution in [3.05, 3.63) is 82.1 Å². The second-order valence-corrected chi connectivity index (χ2v) is 8.18. The zero-order valence-corrected chi connectivity index (χ0v) is 18.8. The van der Waals surface area contributed by atoms with Gasteiger partial charge in [0.05, 0.1) is 26.9 Å². The Kier molecular flexibility index (Phi) is 7.00. The van der Waals surface area contributed by atoms with Crippen molar-refractivity contribution in [1.29, 1.82) is 0 Å². The Morgan fingerprint density at radius 2 is 1.60 bits per heavy atom. The topological polar surface area (TPSA) is 52.2 Å². The number of Topliss-reactive ketones (excluding diaryl/α,β-unsaturated/α-hetero) is 1. The van der Waals surface area contributed by atoms with Crippen LogP contribution in [0.5, 0.6) is 0 Å². The van der Waals surface area contributed by atoms with E-state index in [0.717, 1.165) is 11.3 Å². The van der Waals surface area contributed by atoms with Gasteiger partial charge < -0.3 is 4.74 Å². The number of ether oxygens (including phenoxy) is 1. The van der Waals surface area contributed by atoms with Crippen molar-refractivity contribution in [2.45, 2.75) is 11.7 Å². The third kappa shape index (κ3) is 4.30. The van der Waals surface area contributed by atoms with Crippen molar-refractivity contribution in [2.75, 3.05) is 7.11 Å². The lowest BCUT2D eigenvalue weighted by molar-refractivity contribution is -0.650. The summed E-state index contributed by atoms with van der Waals surface area (Å²) in [5, 5.41) is 0.791. The van der Waals surface area contributed by atoms with Crippen molar-refractivity contribution in [1.82, 2.24) is 4.57 Å². The Morgan fingerprint density at radius 1 is 1.03 bits per heavy atom. The molecule has 1 aromatic heterocycles. The molecule has 0 saturated carbocycles. The largest absolute Gasteiger partial charge is 0.471 e. The van der Waals surface area contributed by atoms with E-state index in [9.17, 15) is 9.59 Å². The first-order valence-corrected chi connectivity index (χ1v) is 10.5. The van der Waals surface area contributed by atoms with E-state index in [0.29, 0.717) is 15.9 Å². The molecule has 0 spiro atoms. The molecule has 0 saturated heterocycles. The summed E-state index contributed by atoms with van der Waals surface area (Å²) < 4.78 is 8.69. The number of methoxy groups -OCH3 is 1. The minimum Gasteiger partial charge on any atom is -0.471 e. The number of rotatable bonds is 7. The van der Waals surface area contributed by atoms with Crippen LogP contribution in [0.15, 0.2) is 60.7 Å². The van der Waals surface area contributed by atoms with E-state index in [1.54, 1.807) is 35.4 Å². The fraction of sp³-hybridized carbons (Fsp3) is 0.227. The van der Waals surface area contributed by atoms with E-state index < -0.39 is 25.0 Å². The average Bonchev–Trinajstić information content (AvgIpc) is 2.96. The molecular formula is C22H23BCl2N2O3. The van der Waals surface area contributed by atoms with Gasteiger partial charge in [0.2, 0.25) is 0 Å². The third-order valence-electron chi connectivity index (χ3n) is 5.87. The van der Waals surface area contributed by atoms with E-state index in [4.69, 9.17) is 27.9 Å². The number of halogens is 2. The molecule has 0 fully saturated rings. The predicted molar refractivity (Wildman–Crippen MR) is 121 cm³/mol. The minimum absolute atomic E-state index is 0.116. The van der Waals surface area contributed by atoms with Crippen LogP contribution in [0.1, 0.15) is 21.8 Å². The summed E-state index contributed by atoms with van der Waals surface area (Å²) in [7, 11) is 3.73. The second-order valence-electron chi connectivity index (χ2n) is 7.47. The Hall–Kier alpha value is -2.57.